The molecule has 8 heteroatoms. The fourth-order valence-electron chi connectivity index (χ4n) is 3.41. The minimum Gasteiger partial charge on any atom is -0.352 e. The first-order valence-corrected chi connectivity index (χ1v) is 10.2. The molecule has 2 aliphatic rings. The van der Waals surface area contributed by atoms with Gasteiger partial charge in [0.05, 0.1) is 10.6 Å². The van der Waals surface area contributed by atoms with Crippen LogP contribution >= 0.6 is 11.6 Å². The van der Waals surface area contributed by atoms with Crippen LogP contribution in [0.1, 0.15) is 17.7 Å². The SMILES string of the molecule is O=S(=O)(c1cccc(Cl)c1)N1CCN(c2cc3c(nn2)CCC3)CC1. The molecule has 0 amide bonds. The zero-order valence-corrected chi connectivity index (χ0v) is 15.3. The number of benzene rings is 1. The maximum atomic E-state index is 12.8. The van der Waals surface area contributed by atoms with Gasteiger partial charge in [0.25, 0.3) is 0 Å². The lowest BCUT2D eigenvalue weighted by molar-refractivity contribution is 0.383. The lowest BCUT2D eigenvalue weighted by atomic mass is 10.2. The van der Waals surface area contributed by atoms with Crippen LogP contribution in [0.25, 0.3) is 0 Å². The van der Waals surface area contributed by atoms with Crippen molar-refractivity contribution in [3.63, 3.8) is 0 Å². The summed E-state index contributed by atoms with van der Waals surface area (Å²) in [5.74, 6) is 0.848. The van der Waals surface area contributed by atoms with E-state index in [0.29, 0.717) is 31.2 Å². The quantitative estimate of drug-likeness (QED) is 0.818. The summed E-state index contributed by atoms with van der Waals surface area (Å²) in [6.07, 6.45) is 3.20. The van der Waals surface area contributed by atoms with Gasteiger partial charge in [0.15, 0.2) is 5.82 Å². The Labute approximate surface area is 152 Å². The van der Waals surface area contributed by atoms with Gasteiger partial charge in [0, 0.05) is 31.2 Å². The van der Waals surface area contributed by atoms with Gasteiger partial charge in [-0.15, -0.1) is 5.10 Å². The third kappa shape index (κ3) is 3.23. The Morgan fingerprint density at radius 1 is 1.00 bits per heavy atom. The molecule has 0 saturated carbocycles. The number of piperazine rings is 1. The van der Waals surface area contributed by atoms with E-state index >= 15 is 0 Å². The first kappa shape index (κ1) is 16.8. The van der Waals surface area contributed by atoms with Crippen LogP contribution in [-0.2, 0) is 22.9 Å². The zero-order valence-electron chi connectivity index (χ0n) is 13.7. The van der Waals surface area contributed by atoms with Crippen LogP contribution in [-0.4, -0.2) is 49.1 Å². The van der Waals surface area contributed by atoms with Crippen molar-refractivity contribution in [2.75, 3.05) is 31.1 Å². The van der Waals surface area contributed by atoms with E-state index < -0.39 is 10.0 Å². The molecule has 1 aromatic heterocycles. The molecular weight excluding hydrogens is 360 g/mol. The fraction of sp³-hybridized carbons (Fsp3) is 0.412. The molecule has 1 saturated heterocycles. The molecule has 1 aliphatic carbocycles. The number of sulfonamides is 1. The maximum absolute atomic E-state index is 12.8. The highest BCUT2D eigenvalue weighted by Crippen LogP contribution is 2.25. The molecule has 0 radical (unpaired) electrons. The maximum Gasteiger partial charge on any atom is 0.243 e. The van der Waals surface area contributed by atoms with Crippen LogP contribution in [0.2, 0.25) is 5.02 Å². The number of halogens is 1. The second-order valence-corrected chi connectivity index (χ2v) is 8.75. The van der Waals surface area contributed by atoms with Gasteiger partial charge in [-0.25, -0.2) is 8.42 Å². The van der Waals surface area contributed by atoms with E-state index in [0.717, 1.165) is 30.8 Å². The molecule has 2 aromatic rings. The molecule has 0 bridgehead atoms. The van der Waals surface area contributed by atoms with Gasteiger partial charge in [-0.05, 0) is 49.1 Å². The molecule has 25 heavy (non-hydrogen) atoms. The van der Waals surface area contributed by atoms with Crippen molar-refractivity contribution < 1.29 is 8.42 Å². The van der Waals surface area contributed by atoms with Gasteiger partial charge in [-0.3, -0.25) is 0 Å². The second kappa shape index (κ2) is 6.55. The van der Waals surface area contributed by atoms with E-state index in [1.54, 1.807) is 18.2 Å². The predicted molar refractivity (Wildman–Crippen MR) is 96.5 cm³/mol. The van der Waals surface area contributed by atoms with Crippen LogP contribution < -0.4 is 4.90 Å². The van der Waals surface area contributed by atoms with Crippen molar-refractivity contribution in [2.24, 2.45) is 0 Å². The van der Waals surface area contributed by atoms with Gasteiger partial charge in [0.2, 0.25) is 10.0 Å². The normalized spacial score (nSPS) is 18.4. The molecule has 0 unspecified atom stereocenters. The highest BCUT2D eigenvalue weighted by atomic mass is 35.5. The fourth-order valence-corrected chi connectivity index (χ4v) is 5.13. The van der Waals surface area contributed by atoms with Gasteiger partial charge in [-0.2, -0.15) is 9.40 Å². The van der Waals surface area contributed by atoms with E-state index in [4.69, 9.17) is 11.6 Å². The lowest BCUT2D eigenvalue weighted by Crippen LogP contribution is -2.49. The molecule has 2 heterocycles. The van der Waals surface area contributed by atoms with Crippen molar-refractivity contribution in [3.05, 3.63) is 46.6 Å². The van der Waals surface area contributed by atoms with E-state index in [2.05, 4.69) is 21.2 Å². The summed E-state index contributed by atoms with van der Waals surface area (Å²) in [7, 11) is -3.51. The van der Waals surface area contributed by atoms with Gasteiger partial charge in [-0.1, -0.05) is 17.7 Å². The number of aryl methyl sites for hydroxylation is 2. The van der Waals surface area contributed by atoms with Gasteiger partial charge >= 0.3 is 0 Å². The molecule has 0 spiro atoms. The number of hydrogen-bond donors (Lipinski definition) is 0. The second-order valence-electron chi connectivity index (χ2n) is 6.38. The van der Waals surface area contributed by atoms with Gasteiger partial charge < -0.3 is 4.90 Å². The van der Waals surface area contributed by atoms with E-state index in [1.807, 2.05) is 0 Å². The Bertz CT molecular complexity index is 895. The first-order valence-electron chi connectivity index (χ1n) is 8.40. The molecule has 6 nitrogen and oxygen atoms in total. The number of fused-ring (bicyclic) bond motifs is 1. The van der Waals surface area contributed by atoms with Crippen LogP contribution in [0.4, 0.5) is 5.82 Å². The third-order valence-corrected chi connectivity index (χ3v) is 6.93. The number of anilines is 1. The van der Waals surface area contributed by atoms with Crippen LogP contribution in [0.3, 0.4) is 0 Å². The Morgan fingerprint density at radius 3 is 2.56 bits per heavy atom. The monoisotopic (exact) mass is 378 g/mol. The van der Waals surface area contributed by atoms with E-state index in [1.165, 1.54) is 15.9 Å². The highest BCUT2D eigenvalue weighted by Gasteiger charge is 2.29. The Balaban J connectivity index is 1.48. The smallest absolute Gasteiger partial charge is 0.243 e. The molecular formula is C17H19ClN4O2S. The summed E-state index contributed by atoms with van der Waals surface area (Å²) in [5, 5.41) is 9.07. The minimum absolute atomic E-state index is 0.241. The first-order chi connectivity index (χ1) is 12.0. The van der Waals surface area contributed by atoms with Crippen molar-refractivity contribution in [1.29, 1.82) is 0 Å². The Kier molecular flexibility index (Phi) is 4.39. The van der Waals surface area contributed by atoms with E-state index in [9.17, 15) is 8.42 Å². The Hall–Kier alpha value is -1.70. The standard InChI is InChI=1S/C17H19ClN4O2S/c18-14-4-2-5-15(12-14)25(23,24)22-9-7-21(8-10-22)17-11-13-3-1-6-16(13)19-20-17/h2,4-5,11-12H,1,3,6-10H2. The molecule has 4 rings (SSSR count). The molecule has 1 aliphatic heterocycles. The molecule has 132 valence electrons. The number of aromatic nitrogens is 2. The van der Waals surface area contributed by atoms with Crippen LogP contribution in [0, 0.1) is 0 Å². The average molecular weight is 379 g/mol. The molecule has 1 aromatic carbocycles. The largest absolute Gasteiger partial charge is 0.352 e. The minimum atomic E-state index is -3.51. The summed E-state index contributed by atoms with van der Waals surface area (Å²) in [5.41, 5.74) is 2.38. The molecule has 1 fully saturated rings. The summed E-state index contributed by atoms with van der Waals surface area (Å²) < 4.78 is 27.0. The van der Waals surface area contributed by atoms with Crippen LogP contribution in [0.15, 0.2) is 35.2 Å². The van der Waals surface area contributed by atoms with E-state index in [-0.39, 0.29) is 4.90 Å². The summed E-state index contributed by atoms with van der Waals surface area (Å²) in [6, 6.07) is 8.52. The van der Waals surface area contributed by atoms with Crippen molar-refractivity contribution in [2.45, 2.75) is 24.2 Å². The summed E-state index contributed by atoms with van der Waals surface area (Å²) >= 11 is 5.93. The summed E-state index contributed by atoms with van der Waals surface area (Å²) in [6.45, 7) is 2.06. The van der Waals surface area contributed by atoms with Crippen LogP contribution in [0.5, 0.6) is 0 Å². The zero-order chi connectivity index (χ0) is 17.4. The summed E-state index contributed by atoms with van der Waals surface area (Å²) in [4.78, 5) is 2.35. The number of nitrogens with zero attached hydrogens (tertiary/aromatic N) is 4. The molecule has 0 atom stereocenters. The molecule has 0 N–H and O–H groups in total. The Morgan fingerprint density at radius 2 is 1.80 bits per heavy atom. The van der Waals surface area contributed by atoms with Gasteiger partial charge in [0.1, 0.15) is 0 Å². The topological polar surface area (TPSA) is 66.4 Å². The predicted octanol–water partition coefficient (Wildman–Crippen LogP) is 2.13. The average Bonchev–Trinajstić information content (AvgIpc) is 3.09. The third-order valence-electron chi connectivity index (χ3n) is 4.80. The number of rotatable bonds is 3. The highest BCUT2D eigenvalue weighted by molar-refractivity contribution is 7.89. The van der Waals surface area contributed by atoms with Crippen molar-refractivity contribution in [1.82, 2.24) is 14.5 Å². The number of hydrogen-bond acceptors (Lipinski definition) is 5. The lowest BCUT2D eigenvalue weighted by Gasteiger charge is -2.34. The van der Waals surface area contributed by atoms with Crippen molar-refractivity contribution >= 4 is 27.4 Å². The van der Waals surface area contributed by atoms with Crippen molar-refractivity contribution in [3.8, 4) is 0 Å².